The van der Waals surface area contributed by atoms with Crippen molar-refractivity contribution in [1.82, 2.24) is 14.8 Å². The van der Waals surface area contributed by atoms with E-state index in [1.54, 1.807) is 31.4 Å². The standard InChI is InChI=1S/C55H91N5O11S/c1-15-26-60-30-32(3)40-22-20-38(58-66-31-39-21-23-43(72-39)41-18-17-19-45(56)57-41)24-25-53(9,28-33(60)4)50(71-52-47(61)42(59(12)13)27-34(5)67-52)35(6)48(36(7)51(63)69-44(16-2)55(40,11)64)70-46-29-54(10,65-14)49(62)37(8)68-46/h17-19,21,23,32-37,40,42,44,46-50,52,61-62,64H,15-16,20,22,24-31H2,1-14H3,(H2,56,57)/b58-38+/t32-,33+,34+,35-,36+,37-,40+,42-,44+,46-,47+,48-,49-,50+,52-,53+,54+,55-/m0/s1. The zero-order valence-electron chi connectivity index (χ0n) is 45.9. The van der Waals surface area contributed by atoms with Crippen molar-refractivity contribution in [2.75, 3.05) is 40.0 Å². The molecule has 5 fully saturated rings. The van der Waals surface area contributed by atoms with E-state index in [1.807, 2.05) is 77.9 Å². The predicted octanol–water partition coefficient (Wildman–Crippen LogP) is 8.04. The van der Waals surface area contributed by atoms with Crippen LogP contribution in [0.15, 0.2) is 35.5 Å². The Hall–Kier alpha value is -2.81. The Kier molecular flexibility index (Phi) is 20.2. The Balaban J connectivity index is 1.50. The molecule has 0 saturated carbocycles. The van der Waals surface area contributed by atoms with Crippen molar-refractivity contribution in [3.05, 3.63) is 35.2 Å². The largest absolute Gasteiger partial charge is 0.459 e. The van der Waals surface area contributed by atoms with Crippen molar-refractivity contribution < 1.29 is 53.4 Å². The maximum atomic E-state index is 15.0. The molecule has 2 bridgehead atoms. The summed E-state index contributed by atoms with van der Waals surface area (Å²) in [7, 11) is 5.49. The number of oxime groups is 1. The van der Waals surface area contributed by atoms with Crippen molar-refractivity contribution >= 4 is 28.8 Å². The number of nitrogens with zero attached hydrogens (tertiary/aromatic N) is 4. The van der Waals surface area contributed by atoms with Crippen LogP contribution in [0.5, 0.6) is 0 Å². The van der Waals surface area contributed by atoms with Crippen LogP contribution < -0.4 is 5.73 Å². The summed E-state index contributed by atoms with van der Waals surface area (Å²) in [6, 6.07) is 9.46. The molecule has 5 aliphatic heterocycles. The Bertz CT molecular complexity index is 2080. The topological polar surface area (TPSA) is 200 Å². The summed E-state index contributed by atoms with van der Waals surface area (Å²) >= 11 is 1.58. The number of nitrogen functional groups attached to an aromatic ring is 1. The van der Waals surface area contributed by atoms with Crippen LogP contribution in [0.3, 0.4) is 0 Å². The Labute approximate surface area is 434 Å². The second-order valence-electron chi connectivity index (χ2n) is 22.8. The lowest BCUT2D eigenvalue weighted by molar-refractivity contribution is -0.314. The van der Waals surface area contributed by atoms with Crippen LogP contribution in [-0.4, -0.2) is 155 Å². The quantitative estimate of drug-likeness (QED) is 0.111. The molecule has 5 saturated heterocycles. The average Bonchev–Trinajstić information content (AvgIpc) is 3.80. The van der Waals surface area contributed by atoms with E-state index < -0.39 is 83.6 Å². The molecule has 5 N–H and O–H groups in total. The molecular weight excluding hydrogens is 939 g/mol. The number of hydrogen-bond donors (Lipinski definition) is 4. The first kappa shape index (κ1) is 58.5. The first-order valence-corrected chi connectivity index (χ1v) is 27.6. The highest BCUT2D eigenvalue weighted by molar-refractivity contribution is 7.15. The van der Waals surface area contributed by atoms with Crippen LogP contribution in [0, 0.1) is 29.1 Å². The molecule has 408 valence electrons. The van der Waals surface area contributed by atoms with Gasteiger partial charge in [0, 0.05) is 43.0 Å². The van der Waals surface area contributed by atoms with Gasteiger partial charge in [-0.3, -0.25) is 4.79 Å². The van der Waals surface area contributed by atoms with E-state index in [4.69, 9.17) is 44.1 Å². The minimum Gasteiger partial charge on any atom is -0.459 e. The molecule has 2 aromatic rings. The summed E-state index contributed by atoms with van der Waals surface area (Å²) in [6.07, 6.45) is -2.05. The SMILES string of the molecule is CCCN1C[C@H](C)[C@H]2CC/C(=N\OCc3ccc(-c4cccc(N)n4)s3)CC[C@](C)(C[C@H]1C)[C@H](O[C@@H]1O[C@H](C)C[C@H](N(C)C)[C@H]1O)[C@@H](C)[C@H](O[C@H]1C[C@@](C)(OC)[C@@H](O)[C@H](C)O1)[C@@H](C)C(=O)O[C@H](CC)[C@@]2(C)O. The number of esters is 1. The second-order valence-corrected chi connectivity index (χ2v) is 24.0. The minimum absolute atomic E-state index is 0.0181. The molecule has 18 atom stereocenters. The number of aliphatic hydroxyl groups is 3. The first-order chi connectivity index (χ1) is 33.9. The van der Waals surface area contributed by atoms with Gasteiger partial charge in [-0.2, -0.15) is 0 Å². The smallest absolute Gasteiger partial charge is 0.311 e. The molecule has 7 rings (SSSR count). The molecule has 7 heterocycles. The third-order valence-electron chi connectivity index (χ3n) is 16.8. The molecular formula is C55H91N5O11S. The van der Waals surface area contributed by atoms with Crippen LogP contribution in [0.1, 0.15) is 139 Å². The van der Waals surface area contributed by atoms with Gasteiger partial charge in [0.15, 0.2) is 19.2 Å². The van der Waals surface area contributed by atoms with Crippen LogP contribution in [0.25, 0.3) is 10.6 Å². The van der Waals surface area contributed by atoms with E-state index in [-0.39, 0.29) is 43.1 Å². The molecule has 0 radical (unpaired) electrons. The van der Waals surface area contributed by atoms with Gasteiger partial charge < -0.3 is 64.1 Å². The van der Waals surface area contributed by atoms with E-state index in [0.717, 1.165) is 34.1 Å². The second kappa shape index (κ2) is 24.9. The van der Waals surface area contributed by atoms with Gasteiger partial charge in [-0.1, -0.05) is 45.8 Å². The summed E-state index contributed by atoms with van der Waals surface area (Å²) in [5.41, 5.74) is 4.57. The average molecular weight is 1030 g/mol. The summed E-state index contributed by atoms with van der Waals surface area (Å²) < 4.78 is 40.1. The van der Waals surface area contributed by atoms with Crippen molar-refractivity contribution in [2.45, 2.75) is 219 Å². The number of ether oxygens (including phenoxy) is 6. The lowest BCUT2D eigenvalue weighted by Gasteiger charge is -2.51. The van der Waals surface area contributed by atoms with Crippen molar-refractivity contribution in [1.29, 1.82) is 0 Å². The lowest BCUT2D eigenvalue weighted by atomic mass is 9.67. The van der Waals surface area contributed by atoms with Gasteiger partial charge in [0.05, 0.1) is 52.2 Å². The third kappa shape index (κ3) is 13.6. The van der Waals surface area contributed by atoms with E-state index >= 15 is 0 Å². The van der Waals surface area contributed by atoms with Gasteiger partial charge in [0.1, 0.15) is 29.7 Å². The van der Waals surface area contributed by atoms with Crippen LogP contribution >= 0.6 is 11.3 Å². The third-order valence-corrected chi connectivity index (χ3v) is 17.9. The number of aliphatic hydroxyl groups excluding tert-OH is 2. The van der Waals surface area contributed by atoms with Crippen molar-refractivity contribution in [2.24, 2.45) is 34.2 Å². The Morgan fingerprint density at radius 1 is 1.00 bits per heavy atom. The maximum absolute atomic E-state index is 15.0. The number of hydrogen-bond acceptors (Lipinski definition) is 17. The van der Waals surface area contributed by atoms with Gasteiger partial charge in [-0.25, -0.2) is 4.98 Å². The number of rotatable bonds is 13. The number of thiophene rings is 1. The highest BCUT2D eigenvalue weighted by Crippen LogP contribution is 2.47. The molecule has 17 heteroatoms. The Morgan fingerprint density at radius 3 is 2.40 bits per heavy atom. The zero-order chi connectivity index (χ0) is 52.9. The molecule has 5 aliphatic rings. The van der Waals surface area contributed by atoms with Crippen molar-refractivity contribution in [3.8, 4) is 10.6 Å². The van der Waals surface area contributed by atoms with Gasteiger partial charge >= 0.3 is 5.97 Å². The molecule has 16 nitrogen and oxygen atoms in total. The number of methoxy groups -OCH3 is 1. The fourth-order valence-corrected chi connectivity index (χ4v) is 13.4. The van der Waals surface area contributed by atoms with Gasteiger partial charge in [0.2, 0.25) is 0 Å². The Morgan fingerprint density at radius 2 is 1.74 bits per heavy atom. The fraction of sp³-hybridized carbons (Fsp3) is 0.800. The van der Waals surface area contributed by atoms with E-state index in [9.17, 15) is 20.1 Å². The number of aromatic nitrogens is 1. The fourth-order valence-electron chi connectivity index (χ4n) is 12.5. The molecule has 2 aromatic heterocycles. The molecule has 0 unspecified atom stereocenters. The monoisotopic (exact) mass is 1030 g/mol. The predicted molar refractivity (Wildman–Crippen MR) is 281 cm³/mol. The van der Waals surface area contributed by atoms with Crippen molar-refractivity contribution in [3.63, 3.8) is 0 Å². The highest BCUT2D eigenvalue weighted by atomic mass is 32.1. The molecule has 72 heavy (non-hydrogen) atoms. The normalized spacial score (nSPS) is 40.7. The summed E-state index contributed by atoms with van der Waals surface area (Å²) in [5.74, 6) is -1.81. The maximum Gasteiger partial charge on any atom is 0.311 e. The van der Waals surface area contributed by atoms with Crippen LogP contribution in [0.2, 0.25) is 0 Å². The number of carbonyl (C=O) groups excluding carboxylic acids is 1. The summed E-state index contributed by atoms with van der Waals surface area (Å²) in [5, 5.41) is 41.4. The number of likely N-dealkylation sites (N-methyl/N-ethyl adjacent to an activating group) is 1. The van der Waals surface area contributed by atoms with Gasteiger partial charge in [-0.05, 0) is 155 Å². The zero-order valence-corrected chi connectivity index (χ0v) is 46.7. The summed E-state index contributed by atoms with van der Waals surface area (Å²) in [4.78, 5) is 32.3. The number of fused-ring (bicyclic) bond motifs is 15. The summed E-state index contributed by atoms with van der Waals surface area (Å²) in [6.45, 7) is 24.1. The number of carbonyl (C=O) groups is 1. The molecule has 0 aromatic carbocycles. The van der Waals surface area contributed by atoms with E-state index in [2.05, 4.69) is 44.5 Å². The van der Waals surface area contributed by atoms with Gasteiger partial charge in [0.25, 0.3) is 0 Å². The number of anilines is 1. The lowest BCUT2D eigenvalue weighted by Crippen LogP contribution is -2.59. The van der Waals surface area contributed by atoms with E-state index in [1.165, 1.54) is 0 Å². The first-order valence-electron chi connectivity index (χ1n) is 26.8. The van der Waals surface area contributed by atoms with Crippen LogP contribution in [0.4, 0.5) is 5.82 Å². The minimum atomic E-state index is -1.43. The molecule has 0 amide bonds. The highest BCUT2D eigenvalue weighted by Gasteiger charge is 2.53. The number of pyridine rings is 1. The van der Waals surface area contributed by atoms with E-state index in [0.29, 0.717) is 57.3 Å². The van der Waals surface area contributed by atoms with Crippen LogP contribution in [-0.2, 0) is 44.7 Å². The molecule has 0 spiro atoms. The molecule has 0 aliphatic carbocycles. The number of nitrogens with two attached hydrogens (primary N) is 1. The van der Waals surface area contributed by atoms with Gasteiger partial charge in [-0.15, -0.1) is 11.3 Å².